The van der Waals surface area contributed by atoms with Crippen molar-refractivity contribution in [3.05, 3.63) is 41.7 Å². The van der Waals surface area contributed by atoms with Gasteiger partial charge >= 0.3 is 6.09 Å². The van der Waals surface area contributed by atoms with E-state index in [9.17, 15) is 9.59 Å². The fourth-order valence-corrected chi connectivity index (χ4v) is 2.58. The number of carbonyl (C=O) groups is 2. The van der Waals surface area contributed by atoms with Crippen molar-refractivity contribution in [3.63, 3.8) is 0 Å². The number of aromatic nitrogens is 3. The summed E-state index contributed by atoms with van der Waals surface area (Å²) >= 11 is 1.22. The molecule has 0 radical (unpaired) electrons. The summed E-state index contributed by atoms with van der Waals surface area (Å²) in [5.74, 6) is 0.446. The molecule has 0 saturated heterocycles. The predicted octanol–water partition coefficient (Wildman–Crippen LogP) is 1.77. The van der Waals surface area contributed by atoms with Crippen molar-refractivity contribution in [2.24, 2.45) is 7.05 Å². The lowest BCUT2D eigenvalue weighted by molar-refractivity contribution is -0.117. The Labute approximate surface area is 138 Å². The first-order chi connectivity index (χ1) is 11.1. The van der Waals surface area contributed by atoms with E-state index in [0.717, 1.165) is 11.4 Å². The topological polar surface area (TPSA) is 86.1 Å². The number of hydrogen-bond acceptors (Lipinski definition) is 6. The fourth-order valence-electron chi connectivity index (χ4n) is 1.85. The van der Waals surface area contributed by atoms with Gasteiger partial charge in [0.05, 0.1) is 12.4 Å². The molecule has 7 nitrogen and oxygen atoms in total. The standard InChI is InChI=1S/C15H18N4O3S/c1-3-22-15(21)16-13(20)10-23-14-18-17-12(19(14)2)9-11-7-5-4-6-8-11/h4-8H,3,9-10H2,1-2H3,(H,16,20,21). The van der Waals surface area contributed by atoms with Crippen molar-refractivity contribution in [1.82, 2.24) is 20.1 Å². The van der Waals surface area contributed by atoms with E-state index in [0.29, 0.717) is 11.6 Å². The second kappa shape index (κ2) is 8.33. The van der Waals surface area contributed by atoms with Crippen molar-refractivity contribution in [1.29, 1.82) is 0 Å². The van der Waals surface area contributed by atoms with Gasteiger partial charge < -0.3 is 9.30 Å². The Morgan fingerprint density at radius 3 is 2.70 bits per heavy atom. The molecular weight excluding hydrogens is 316 g/mol. The maximum Gasteiger partial charge on any atom is 0.413 e. The van der Waals surface area contributed by atoms with Gasteiger partial charge in [0.1, 0.15) is 5.82 Å². The van der Waals surface area contributed by atoms with Crippen LogP contribution in [-0.2, 0) is 23.0 Å². The van der Waals surface area contributed by atoms with Gasteiger partial charge in [-0.1, -0.05) is 42.1 Å². The highest BCUT2D eigenvalue weighted by Crippen LogP contribution is 2.17. The van der Waals surface area contributed by atoms with Gasteiger partial charge in [-0.15, -0.1) is 10.2 Å². The molecule has 1 heterocycles. The van der Waals surface area contributed by atoms with Crippen LogP contribution in [0.5, 0.6) is 0 Å². The lowest BCUT2D eigenvalue weighted by atomic mass is 10.1. The molecule has 0 saturated carbocycles. The van der Waals surface area contributed by atoms with Gasteiger partial charge in [-0.25, -0.2) is 4.79 Å². The number of alkyl carbamates (subject to hydrolysis) is 1. The quantitative estimate of drug-likeness (QED) is 0.810. The van der Waals surface area contributed by atoms with Crippen molar-refractivity contribution in [3.8, 4) is 0 Å². The van der Waals surface area contributed by atoms with E-state index in [4.69, 9.17) is 0 Å². The molecule has 0 bridgehead atoms. The second-order valence-electron chi connectivity index (χ2n) is 4.68. The largest absolute Gasteiger partial charge is 0.450 e. The van der Waals surface area contributed by atoms with Gasteiger partial charge in [-0.05, 0) is 12.5 Å². The SMILES string of the molecule is CCOC(=O)NC(=O)CSc1nnc(Cc2ccccc2)n1C. The van der Waals surface area contributed by atoms with Gasteiger partial charge in [0.25, 0.3) is 0 Å². The summed E-state index contributed by atoms with van der Waals surface area (Å²) in [5, 5.41) is 11.0. The summed E-state index contributed by atoms with van der Waals surface area (Å²) in [6, 6.07) is 9.95. The second-order valence-corrected chi connectivity index (χ2v) is 5.62. The third-order valence-corrected chi connectivity index (χ3v) is 4.00. The van der Waals surface area contributed by atoms with Crippen LogP contribution in [0.3, 0.4) is 0 Å². The molecule has 1 aromatic heterocycles. The molecule has 2 rings (SSSR count). The van der Waals surface area contributed by atoms with Crippen LogP contribution in [0.4, 0.5) is 4.79 Å². The lowest BCUT2D eigenvalue weighted by Crippen LogP contribution is -2.32. The number of nitrogens with one attached hydrogen (secondary N) is 1. The number of amides is 2. The molecule has 2 aromatic rings. The van der Waals surface area contributed by atoms with Crippen molar-refractivity contribution in [2.75, 3.05) is 12.4 Å². The normalized spacial score (nSPS) is 10.3. The smallest absolute Gasteiger partial charge is 0.413 e. The van der Waals surface area contributed by atoms with Crippen LogP contribution in [0, 0.1) is 0 Å². The highest BCUT2D eigenvalue weighted by Gasteiger charge is 2.13. The molecule has 0 aliphatic heterocycles. The van der Waals surface area contributed by atoms with Crippen LogP contribution >= 0.6 is 11.8 Å². The first-order valence-electron chi connectivity index (χ1n) is 7.11. The third kappa shape index (κ3) is 5.10. The summed E-state index contributed by atoms with van der Waals surface area (Å²) in [4.78, 5) is 22.8. The van der Waals surface area contributed by atoms with E-state index >= 15 is 0 Å². The van der Waals surface area contributed by atoms with Crippen LogP contribution in [-0.4, -0.2) is 39.1 Å². The van der Waals surface area contributed by atoms with Gasteiger partial charge in [0.2, 0.25) is 5.91 Å². The minimum absolute atomic E-state index is 0.0656. The van der Waals surface area contributed by atoms with Gasteiger partial charge in [0.15, 0.2) is 5.16 Å². The van der Waals surface area contributed by atoms with Gasteiger partial charge in [-0.3, -0.25) is 10.1 Å². The van der Waals surface area contributed by atoms with Gasteiger partial charge in [0, 0.05) is 13.5 Å². The number of imide groups is 1. The Hall–Kier alpha value is -2.35. The molecule has 23 heavy (non-hydrogen) atoms. The molecular formula is C15H18N4O3S. The molecule has 8 heteroatoms. The molecule has 0 aliphatic rings. The van der Waals surface area contributed by atoms with Gasteiger partial charge in [-0.2, -0.15) is 0 Å². The monoisotopic (exact) mass is 334 g/mol. The molecule has 122 valence electrons. The molecule has 0 aliphatic carbocycles. The number of benzene rings is 1. The lowest BCUT2D eigenvalue weighted by Gasteiger charge is -2.05. The number of nitrogens with zero attached hydrogens (tertiary/aromatic N) is 3. The Bertz CT molecular complexity index is 673. The maximum atomic E-state index is 11.6. The molecule has 0 unspecified atom stereocenters. The van der Waals surface area contributed by atoms with E-state index in [1.807, 2.05) is 41.9 Å². The summed E-state index contributed by atoms with van der Waals surface area (Å²) in [5.41, 5.74) is 1.14. The number of ether oxygens (including phenoxy) is 1. The van der Waals surface area contributed by atoms with E-state index in [-0.39, 0.29) is 12.4 Å². The minimum Gasteiger partial charge on any atom is -0.450 e. The molecule has 0 atom stereocenters. The highest BCUT2D eigenvalue weighted by atomic mass is 32.2. The minimum atomic E-state index is -0.735. The Morgan fingerprint density at radius 1 is 1.26 bits per heavy atom. The van der Waals surface area contributed by atoms with Crippen molar-refractivity contribution < 1.29 is 14.3 Å². The molecule has 1 N–H and O–H groups in total. The number of hydrogen-bond donors (Lipinski definition) is 1. The van der Waals surface area contributed by atoms with Crippen molar-refractivity contribution >= 4 is 23.8 Å². The molecule has 0 fully saturated rings. The number of rotatable bonds is 6. The Kier molecular flexibility index (Phi) is 6.16. The summed E-state index contributed by atoms with van der Waals surface area (Å²) < 4.78 is 6.49. The Morgan fingerprint density at radius 2 is 2.00 bits per heavy atom. The third-order valence-electron chi connectivity index (χ3n) is 2.98. The predicted molar refractivity (Wildman–Crippen MR) is 86.1 cm³/mol. The number of carbonyl (C=O) groups excluding carboxylic acids is 2. The van der Waals surface area contributed by atoms with Crippen LogP contribution in [0.2, 0.25) is 0 Å². The summed E-state index contributed by atoms with van der Waals surface area (Å²) in [7, 11) is 1.85. The van der Waals surface area contributed by atoms with Crippen molar-refractivity contribution in [2.45, 2.75) is 18.5 Å². The summed E-state index contributed by atoms with van der Waals surface area (Å²) in [6.45, 7) is 1.89. The van der Waals surface area contributed by atoms with Crippen LogP contribution in [0.1, 0.15) is 18.3 Å². The Balaban J connectivity index is 1.89. The summed E-state index contributed by atoms with van der Waals surface area (Å²) in [6.07, 6.45) is -0.0688. The zero-order valence-corrected chi connectivity index (χ0v) is 13.8. The fraction of sp³-hybridized carbons (Fsp3) is 0.333. The van der Waals surface area contributed by atoms with E-state index in [1.165, 1.54) is 11.8 Å². The number of thioether (sulfide) groups is 1. The average molecular weight is 334 g/mol. The highest BCUT2D eigenvalue weighted by molar-refractivity contribution is 7.99. The molecule has 1 aromatic carbocycles. The molecule has 0 spiro atoms. The van der Waals surface area contributed by atoms with E-state index in [2.05, 4.69) is 20.3 Å². The maximum absolute atomic E-state index is 11.6. The van der Waals surface area contributed by atoms with Crippen LogP contribution in [0.25, 0.3) is 0 Å². The van der Waals surface area contributed by atoms with E-state index < -0.39 is 12.0 Å². The first kappa shape index (κ1) is 17.0. The zero-order chi connectivity index (χ0) is 16.7. The average Bonchev–Trinajstić information content (AvgIpc) is 2.87. The van der Waals surface area contributed by atoms with E-state index in [1.54, 1.807) is 6.92 Å². The first-order valence-corrected chi connectivity index (χ1v) is 8.10. The van der Waals surface area contributed by atoms with Crippen LogP contribution < -0.4 is 5.32 Å². The zero-order valence-electron chi connectivity index (χ0n) is 13.0. The van der Waals surface area contributed by atoms with Crippen LogP contribution in [0.15, 0.2) is 35.5 Å². The molecule has 2 amide bonds.